The monoisotopic (exact) mass is 348 g/mol. The first-order chi connectivity index (χ1) is 12.8. The lowest BCUT2D eigenvalue weighted by molar-refractivity contribution is 0.394. The smallest absolute Gasteiger partial charge is 0.265 e. The van der Waals surface area contributed by atoms with Crippen LogP contribution < -0.4 is 14.9 Å². The summed E-state index contributed by atoms with van der Waals surface area (Å²) in [5.41, 5.74) is 5.93. The average Bonchev–Trinajstić information content (AvgIpc) is 3.06. The molecule has 26 heavy (non-hydrogen) atoms. The van der Waals surface area contributed by atoms with Gasteiger partial charge in [0.25, 0.3) is 5.95 Å². The van der Waals surface area contributed by atoms with Crippen LogP contribution in [0.15, 0.2) is 47.6 Å². The molecule has 0 spiro atoms. The average molecular weight is 348 g/mol. The Hall–Kier alpha value is -3.68. The lowest BCUT2D eigenvalue weighted by Crippen LogP contribution is -1.99. The van der Waals surface area contributed by atoms with Crippen LogP contribution in [0.3, 0.4) is 0 Å². The molecule has 2 aromatic carbocycles. The fourth-order valence-corrected chi connectivity index (χ4v) is 2.65. The third kappa shape index (κ3) is 2.88. The molecule has 0 radical (unpaired) electrons. The fraction of sp³-hybridized carbons (Fsp3) is 0.111. The molecule has 0 atom stereocenters. The van der Waals surface area contributed by atoms with Gasteiger partial charge in [-0.25, -0.2) is 5.43 Å². The van der Waals surface area contributed by atoms with E-state index >= 15 is 0 Å². The highest BCUT2D eigenvalue weighted by Gasteiger charge is 2.08. The van der Waals surface area contributed by atoms with Gasteiger partial charge in [0.05, 0.1) is 20.4 Å². The molecule has 0 aliphatic carbocycles. The van der Waals surface area contributed by atoms with Gasteiger partial charge >= 0.3 is 0 Å². The minimum Gasteiger partial charge on any atom is -0.497 e. The highest BCUT2D eigenvalue weighted by Crippen LogP contribution is 2.23. The topological polar surface area (TPSA) is 97.3 Å². The molecule has 0 bridgehead atoms. The van der Waals surface area contributed by atoms with E-state index in [0.29, 0.717) is 23.1 Å². The van der Waals surface area contributed by atoms with Gasteiger partial charge in [-0.15, -0.1) is 10.2 Å². The van der Waals surface area contributed by atoms with Crippen LogP contribution in [0.25, 0.3) is 22.1 Å². The second-order valence-corrected chi connectivity index (χ2v) is 5.48. The van der Waals surface area contributed by atoms with Crippen molar-refractivity contribution in [3.63, 3.8) is 0 Å². The number of fused-ring (bicyclic) bond motifs is 3. The Morgan fingerprint density at radius 3 is 2.81 bits per heavy atom. The first-order valence-corrected chi connectivity index (χ1v) is 7.91. The second kappa shape index (κ2) is 6.67. The van der Waals surface area contributed by atoms with E-state index in [1.54, 1.807) is 26.5 Å². The molecular weight excluding hydrogens is 332 g/mol. The molecular formula is C18H16N6O2. The summed E-state index contributed by atoms with van der Waals surface area (Å²) in [6.45, 7) is 0. The van der Waals surface area contributed by atoms with Crippen molar-refractivity contribution in [1.29, 1.82) is 0 Å². The second-order valence-electron chi connectivity index (χ2n) is 5.48. The molecule has 2 N–H and O–H groups in total. The van der Waals surface area contributed by atoms with Crippen LogP contribution in [0.5, 0.6) is 11.5 Å². The van der Waals surface area contributed by atoms with Crippen LogP contribution in [0.2, 0.25) is 0 Å². The summed E-state index contributed by atoms with van der Waals surface area (Å²) in [5, 5.41) is 13.5. The van der Waals surface area contributed by atoms with Crippen LogP contribution in [-0.4, -0.2) is 40.6 Å². The van der Waals surface area contributed by atoms with Gasteiger partial charge in [-0.1, -0.05) is 18.2 Å². The molecule has 0 fully saturated rings. The summed E-state index contributed by atoms with van der Waals surface area (Å²) in [7, 11) is 3.20. The summed E-state index contributed by atoms with van der Waals surface area (Å²) in [6.07, 6.45) is 1.62. The van der Waals surface area contributed by atoms with Gasteiger partial charge in [-0.05, 0) is 18.2 Å². The number of hydrogen-bond donors (Lipinski definition) is 2. The molecule has 4 aromatic rings. The number of ether oxygens (including phenoxy) is 2. The van der Waals surface area contributed by atoms with Gasteiger partial charge in [-0.3, -0.25) is 0 Å². The Kier molecular flexibility index (Phi) is 4.06. The van der Waals surface area contributed by atoms with E-state index in [2.05, 4.69) is 30.7 Å². The third-order valence-electron chi connectivity index (χ3n) is 3.93. The van der Waals surface area contributed by atoms with Crippen molar-refractivity contribution in [3.8, 4) is 11.5 Å². The van der Waals surface area contributed by atoms with E-state index in [0.717, 1.165) is 22.0 Å². The number of aromatic amines is 1. The Bertz CT molecular complexity index is 1110. The van der Waals surface area contributed by atoms with Gasteiger partial charge in [0.15, 0.2) is 5.65 Å². The predicted molar refractivity (Wildman–Crippen MR) is 100.0 cm³/mol. The van der Waals surface area contributed by atoms with Crippen molar-refractivity contribution in [1.82, 2.24) is 20.2 Å². The molecule has 0 saturated carbocycles. The number of nitrogens with one attached hydrogen (secondary N) is 2. The summed E-state index contributed by atoms with van der Waals surface area (Å²) < 4.78 is 10.5. The minimum atomic E-state index is 0.299. The molecule has 0 aliphatic heterocycles. The zero-order valence-corrected chi connectivity index (χ0v) is 14.2. The summed E-state index contributed by atoms with van der Waals surface area (Å²) >= 11 is 0. The van der Waals surface area contributed by atoms with Crippen LogP contribution in [0.1, 0.15) is 5.56 Å². The van der Waals surface area contributed by atoms with Crippen molar-refractivity contribution < 1.29 is 9.47 Å². The fourth-order valence-electron chi connectivity index (χ4n) is 2.65. The maximum atomic E-state index is 5.33. The number of rotatable bonds is 5. The summed E-state index contributed by atoms with van der Waals surface area (Å²) in [5.74, 6) is 1.66. The van der Waals surface area contributed by atoms with Gasteiger partial charge in [0.1, 0.15) is 17.0 Å². The molecule has 0 aliphatic rings. The van der Waals surface area contributed by atoms with Crippen LogP contribution in [-0.2, 0) is 0 Å². The van der Waals surface area contributed by atoms with E-state index in [9.17, 15) is 0 Å². The van der Waals surface area contributed by atoms with Gasteiger partial charge < -0.3 is 14.5 Å². The lowest BCUT2D eigenvalue weighted by Gasteiger charge is -2.06. The number of hydrogen-bond acceptors (Lipinski definition) is 7. The normalized spacial score (nSPS) is 11.3. The number of hydrazone groups is 1. The number of anilines is 1. The minimum absolute atomic E-state index is 0.299. The largest absolute Gasteiger partial charge is 0.497 e. The van der Waals surface area contributed by atoms with Crippen LogP contribution >= 0.6 is 0 Å². The molecule has 0 amide bonds. The van der Waals surface area contributed by atoms with Crippen LogP contribution in [0, 0.1) is 0 Å². The lowest BCUT2D eigenvalue weighted by atomic mass is 10.2. The third-order valence-corrected chi connectivity index (χ3v) is 3.93. The Morgan fingerprint density at radius 1 is 1.08 bits per heavy atom. The molecule has 2 heterocycles. The van der Waals surface area contributed by atoms with E-state index in [-0.39, 0.29) is 0 Å². The number of para-hydroxylation sites is 1. The number of aromatic nitrogens is 4. The maximum Gasteiger partial charge on any atom is 0.265 e. The Balaban J connectivity index is 1.58. The van der Waals surface area contributed by atoms with E-state index in [4.69, 9.17) is 9.47 Å². The number of methoxy groups -OCH3 is 2. The standard InChI is InChI=1S/C18H16N6O2/c1-25-12-8-7-11(15(9-12)26-2)10-19-23-18-21-17-16(22-24-18)13-5-3-4-6-14(13)20-17/h3-10H,1-2H3,(H2,20,21,23,24). The SMILES string of the molecule is COc1ccc(C=NNc2nnc3c(n2)[nH]c2ccccc23)c(OC)c1. The molecule has 8 heteroatoms. The quantitative estimate of drug-likeness (QED) is 0.425. The molecule has 0 saturated heterocycles. The van der Waals surface area contributed by atoms with Gasteiger partial charge in [0, 0.05) is 22.5 Å². The Morgan fingerprint density at radius 2 is 1.96 bits per heavy atom. The maximum absolute atomic E-state index is 5.33. The first kappa shape index (κ1) is 15.8. The number of H-pyrrole nitrogens is 1. The number of nitrogens with zero attached hydrogens (tertiary/aromatic N) is 4. The highest BCUT2D eigenvalue weighted by atomic mass is 16.5. The van der Waals surface area contributed by atoms with E-state index in [1.165, 1.54) is 0 Å². The highest BCUT2D eigenvalue weighted by molar-refractivity contribution is 6.03. The zero-order chi connectivity index (χ0) is 17.9. The van der Waals surface area contributed by atoms with Crippen molar-refractivity contribution in [2.24, 2.45) is 5.10 Å². The molecule has 8 nitrogen and oxygen atoms in total. The number of benzene rings is 2. The van der Waals surface area contributed by atoms with Gasteiger partial charge in [0.2, 0.25) is 0 Å². The molecule has 2 aromatic heterocycles. The summed E-state index contributed by atoms with van der Waals surface area (Å²) in [6, 6.07) is 13.3. The molecule has 130 valence electrons. The van der Waals surface area contributed by atoms with E-state index < -0.39 is 0 Å². The van der Waals surface area contributed by atoms with Crippen molar-refractivity contribution in [2.75, 3.05) is 19.6 Å². The molecule has 4 rings (SSSR count). The molecule has 0 unspecified atom stereocenters. The first-order valence-electron chi connectivity index (χ1n) is 7.91. The predicted octanol–water partition coefficient (Wildman–Crippen LogP) is 2.97. The van der Waals surface area contributed by atoms with E-state index in [1.807, 2.05) is 36.4 Å². The van der Waals surface area contributed by atoms with Crippen molar-refractivity contribution in [2.45, 2.75) is 0 Å². The van der Waals surface area contributed by atoms with Gasteiger partial charge in [-0.2, -0.15) is 10.1 Å². The zero-order valence-electron chi connectivity index (χ0n) is 14.2. The van der Waals surface area contributed by atoms with Crippen molar-refractivity contribution in [3.05, 3.63) is 48.0 Å². The summed E-state index contributed by atoms with van der Waals surface area (Å²) in [4.78, 5) is 7.63. The Labute approximate surface area is 148 Å². The van der Waals surface area contributed by atoms with Crippen molar-refractivity contribution >= 4 is 34.2 Å². The van der Waals surface area contributed by atoms with Crippen LogP contribution in [0.4, 0.5) is 5.95 Å².